The fourth-order valence-corrected chi connectivity index (χ4v) is 3.40. The minimum Gasteiger partial charge on any atom is -0.451 e. The molecule has 28 heavy (non-hydrogen) atoms. The van der Waals surface area contributed by atoms with Gasteiger partial charge in [-0.25, -0.2) is 0 Å². The monoisotopic (exact) mass is 376 g/mol. The lowest BCUT2D eigenvalue weighted by Gasteiger charge is -2.15. The zero-order valence-corrected chi connectivity index (χ0v) is 15.3. The average Bonchev–Trinajstić information content (AvgIpc) is 3.26. The van der Waals surface area contributed by atoms with Gasteiger partial charge in [-0.2, -0.15) is 0 Å². The lowest BCUT2D eigenvalue weighted by atomic mass is 10.1. The summed E-state index contributed by atoms with van der Waals surface area (Å²) in [5, 5.41) is 3.18. The van der Waals surface area contributed by atoms with Gasteiger partial charge in [0.15, 0.2) is 11.2 Å². The number of rotatable bonds is 4. The molecule has 1 fully saturated rings. The molecular weight excluding hydrogens is 356 g/mol. The van der Waals surface area contributed by atoms with Crippen LogP contribution in [0.5, 0.6) is 0 Å². The predicted molar refractivity (Wildman–Crippen MR) is 105 cm³/mol. The Bertz CT molecular complexity index is 1100. The van der Waals surface area contributed by atoms with E-state index in [1.807, 2.05) is 11.0 Å². The molecule has 0 radical (unpaired) electrons. The summed E-state index contributed by atoms with van der Waals surface area (Å²) in [5.41, 5.74) is 1.54. The normalized spacial score (nSPS) is 13.6. The lowest BCUT2D eigenvalue weighted by Crippen LogP contribution is -2.28. The topological polar surface area (TPSA) is 79.6 Å². The number of hydrogen-bond donors (Lipinski definition) is 1. The Kier molecular flexibility index (Phi) is 4.93. The standard InChI is InChI=1S/C22H20N2O4/c25-18-13-20(28-19-9-2-1-8-17(18)19)21(26)23-14-15-6-5-7-16(12-15)22(27)24-10-3-4-11-24/h1-2,5-9,12-13H,3-4,10-11,14H2,(H,23,26). The summed E-state index contributed by atoms with van der Waals surface area (Å²) in [6.07, 6.45) is 2.08. The van der Waals surface area contributed by atoms with Crippen LogP contribution in [0, 0.1) is 0 Å². The van der Waals surface area contributed by atoms with Gasteiger partial charge in [-0.3, -0.25) is 14.4 Å². The van der Waals surface area contributed by atoms with E-state index in [2.05, 4.69) is 5.32 Å². The van der Waals surface area contributed by atoms with E-state index in [4.69, 9.17) is 4.42 Å². The molecule has 0 unspecified atom stereocenters. The van der Waals surface area contributed by atoms with Crippen molar-refractivity contribution in [1.82, 2.24) is 10.2 Å². The zero-order valence-electron chi connectivity index (χ0n) is 15.3. The summed E-state index contributed by atoms with van der Waals surface area (Å²) in [4.78, 5) is 38.9. The maximum atomic E-state index is 12.5. The highest BCUT2D eigenvalue weighted by atomic mass is 16.3. The molecule has 0 spiro atoms. The molecule has 1 aromatic heterocycles. The second kappa shape index (κ2) is 7.68. The molecule has 0 saturated carbocycles. The SMILES string of the molecule is O=C(NCc1cccc(C(=O)N2CCCC2)c1)c1cc(=O)c2ccccc2o1. The van der Waals surface area contributed by atoms with Crippen molar-refractivity contribution in [3.05, 3.63) is 81.7 Å². The van der Waals surface area contributed by atoms with E-state index < -0.39 is 5.91 Å². The quantitative estimate of drug-likeness (QED) is 0.759. The number of fused-ring (bicyclic) bond motifs is 1. The third kappa shape index (κ3) is 3.67. The molecule has 0 aliphatic carbocycles. The number of para-hydroxylation sites is 1. The van der Waals surface area contributed by atoms with E-state index in [9.17, 15) is 14.4 Å². The Hall–Kier alpha value is -3.41. The smallest absolute Gasteiger partial charge is 0.287 e. The summed E-state index contributed by atoms with van der Waals surface area (Å²) in [6, 6.07) is 15.2. The Balaban J connectivity index is 1.47. The summed E-state index contributed by atoms with van der Waals surface area (Å²) >= 11 is 0. The zero-order chi connectivity index (χ0) is 19.5. The van der Waals surface area contributed by atoms with Crippen LogP contribution in [0.2, 0.25) is 0 Å². The van der Waals surface area contributed by atoms with Crippen LogP contribution in [0.3, 0.4) is 0 Å². The van der Waals surface area contributed by atoms with Crippen molar-refractivity contribution in [1.29, 1.82) is 0 Å². The Labute approximate surface area is 161 Å². The van der Waals surface area contributed by atoms with Gasteiger partial charge in [-0.15, -0.1) is 0 Å². The Morgan fingerprint density at radius 2 is 1.79 bits per heavy atom. The molecule has 1 aliphatic heterocycles. The van der Waals surface area contributed by atoms with Crippen LogP contribution in [0.25, 0.3) is 11.0 Å². The van der Waals surface area contributed by atoms with Crippen LogP contribution in [-0.2, 0) is 6.54 Å². The van der Waals surface area contributed by atoms with Crippen LogP contribution in [0.15, 0.2) is 63.8 Å². The molecule has 1 N–H and O–H groups in total. The Morgan fingerprint density at radius 3 is 2.61 bits per heavy atom. The first-order valence-electron chi connectivity index (χ1n) is 9.31. The molecule has 0 bridgehead atoms. The molecule has 3 aromatic rings. The maximum Gasteiger partial charge on any atom is 0.287 e. The number of carbonyl (C=O) groups excluding carboxylic acids is 2. The molecule has 1 saturated heterocycles. The van der Waals surface area contributed by atoms with Crippen molar-refractivity contribution in [2.24, 2.45) is 0 Å². The fraction of sp³-hybridized carbons (Fsp3) is 0.227. The van der Waals surface area contributed by atoms with Gasteiger partial charge in [0.25, 0.3) is 11.8 Å². The second-order valence-electron chi connectivity index (χ2n) is 6.85. The van der Waals surface area contributed by atoms with Crippen molar-refractivity contribution >= 4 is 22.8 Å². The molecule has 142 valence electrons. The fourth-order valence-electron chi connectivity index (χ4n) is 3.40. The largest absolute Gasteiger partial charge is 0.451 e. The van der Waals surface area contributed by atoms with Gasteiger partial charge in [0.05, 0.1) is 5.39 Å². The molecule has 4 rings (SSSR count). The van der Waals surface area contributed by atoms with E-state index in [-0.39, 0.29) is 23.6 Å². The molecule has 2 heterocycles. The van der Waals surface area contributed by atoms with Crippen LogP contribution >= 0.6 is 0 Å². The van der Waals surface area contributed by atoms with Gasteiger partial charge >= 0.3 is 0 Å². The number of amides is 2. The molecule has 2 aromatic carbocycles. The van der Waals surface area contributed by atoms with Crippen LogP contribution in [0.1, 0.15) is 39.3 Å². The Morgan fingerprint density at radius 1 is 1.00 bits per heavy atom. The predicted octanol–water partition coefficient (Wildman–Crippen LogP) is 2.96. The number of carbonyl (C=O) groups is 2. The van der Waals surface area contributed by atoms with Gasteiger partial charge in [0.1, 0.15) is 5.58 Å². The van der Waals surface area contributed by atoms with Gasteiger partial charge in [0.2, 0.25) is 0 Å². The molecule has 2 amide bonds. The van der Waals surface area contributed by atoms with Crippen molar-refractivity contribution in [3.63, 3.8) is 0 Å². The first kappa shape index (κ1) is 18.0. The third-order valence-electron chi connectivity index (χ3n) is 4.88. The van der Waals surface area contributed by atoms with Crippen molar-refractivity contribution in [2.75, 3.05) is 13.1 Å². The first-order valence-corrected chi connectivity index (χ1v) is 9.31. The third-order valence-corrected chi connectivity index (χ3v) is 4.88. The van der Waals surface area contributed by atoms with Gasteiger partial charge in [-0.05, 0) is 42.7 Å². The molecule has 6 nitrogen and oxygen atoms in total. The maximum absolute atomic E-state index is 12.5. The van der Waals surface area contributed by atoms with Crippen molar-refractivity contribution in [2.45, 2.75) is 19.4 Å². The number of nitrogens with zero attached hydrogens (tertiary/aromatic N) is 1. The van der Waals surface area contributed by atoms with E-state index in [0.29, 0.717) is 16.5 Å². The van der Waals surface area contributed by atoms with E-state index in [0.717, 1.165) is 31.5 Å². The van der Waals surface area contributed by atoms with E-state index >= 15 is 0 Å². The van der Waals surface area contributed by atoms with Crippen molar-refractivity contribution < 1.29 is 14.0 Å². The molecule has 0 atom stereocenters. The highest BCUT2D eigenvalue weighted by molar-refractivity contribution is 5.95. The van der Waals surface area contributed by atoms with Crippen LogP contribution in [0.4, 0.5) is 0 Å². The van der Waals surface area contributed by atoms with Crippen LogP contribution < -0.4 is 10.7 Å². The molecular formula is C22H20N2O4. The van der Waals surface area contributed by atoms with Gasteiger partial charge < -0.3 is 14.6 Å². The number of benzene rings is 2. The van der Waals surface area contributed by atoms with Gasteiger partial charge in [0, 0.05) is 31.3 Å². The summed E-state index contributed by atoms with van der Waals surface area (Å²) in [5.74, 6) is -0.488. The van der Waals surface area contributed by atoms with Gasteiger partial charge in [-0.1, -0.05) is 24.3 Å². The van der Waals surface area contributed by atoms with Crippen LogP contribution in [-0.4, -0.2) is 29.8 Å². The van der Waals surface area contributed by atoms with E-state index in [1.165, 1.54) is 6.07 Å². The summed E-state index contributed by atoms with van der Waals surface area (Å²) < 4.78 is 5.55. The van der Waals surface area contributed by atoms with Crippen molar-refractivity contribution in [3.8, 4) is 0 Å². The highest BCUT2D eigenvalue weighted by Crippen LogP contribution is 2.15. The minimum absolute atomic E-state index is 0.0196. The summed E-state index contributed by atoms with van der Waals surface area (Å²) in [6.45, 7) is 1.82. The minimum atomic E-state index is -0.473. The highest BCUT2D eigenvalue weighted by Gasteiger charge is 2.19. The van der Waals surface area contributed by atoms with E-state index in [1.54, 1.807) is 42.5 Å². The number of likely N-dealkylation sites (tertiary alicyclic amines) is 1. The number of hydrogen-bond acceptors (Lipinski definition) is 4. The second-order valence-corrected chi connectivity index (χ2v) is 6.85. The lowest BCUT2D eigenvalue weighted by molar-refractivity contribution is 0.0792. The summed E-state index contributed by atoms with van der Waals surface area (Å²) in [7, 11) is 0. The molecule has 1 aliphatic rings. The first-order chi connectivity index (χ1) is 13.6. The molecule has 6 heteroatoms. The number of nitrogens with one attached hydrogen (secondary N) is 1. The average molecular weight is 376 g/mol.